The number of amides is 1. The lowest BCUT2D eigenvalue weighted by Crippen LogP contribution is -2.25. The van der Waals surface area contributed by atoms with Crippen molar-refractivity contribution in [3.63, 3.8) is 0 Å². The standard InChI is InChI=1S/C26H28ClN5O3/c1-6-23(35-26(33)31(3)4)19-13-28-14-21(27)20(19)15-34-24-9-7-8-17-18(12-16(2)30-25(17)24)22-10-11-29-32(22)5/h7-14,23H,6,15H2,1-5H3. The highest BCUT2D eigenvalue weighted by atomic mass is 35.5. The first-order chi connectivity index (χ1) is 16.8. The highest BCUT2D eigenvalue weighted by Gasteiger charge is 2.22. The summed E-state index contributed by atoms with van der Waals surface area (Å²) < 4.78 is 13.8. The van der Waals surface area contributed by atoms with E-state index in [4.69, 9.17) is 26.1 Å². The molecular formula is C26H28ClN5O3. The van der Waals surface area contributed by atoms with Gasteiger partial charge in [0.15, 0.2) is 0 Å². The number of carbonyl (C=O) groups is 1. The second-order valence-corrected chi connectivity index (χ2v) is 8.86. The molecule has 1 aromatic carbocycles. The number of rotatable bonds is 7. The molecule has 3 heterocycles. The van der Waals surface area contributed by atoms with Crippen LogP contribution in [0.25, 0.3) is 22.2 Å². The second kappa shape index (κ2) is 10.3. The van der Waals surface area contributed by atoms with Crippen LogP contribution in [0.5, 0.6) is 5.75 Å². The van der Waals surface area contributed by atoms with Crippen LogP contribution in [0.2, 0.25) is 5.02 Å². The van der Waals surface area contributed by atoms with Gasteiger partial charge in [-0.2, -0.15) is 5.10 Å². The third-order valence-corrected chi connectivity index (χ3v) is 6.09. The Morgan fingerprint density at radius 2 is 2.03 bits per heavy atom. The first-order valence-electron chi connectivity index (χ1n) is 11.3. The zero-order valence-corrected chi connectivity index (χ0v) is 21.2. The average molecular weight is 494 g/mol. The van der Waals surface area contributed by atoms with Crippen LogP contribution in [0.1, 0.15) is 36.3 Å². The number of ether oxygens (including phenoxy) is 2. The molecular weight excluding hydrogens is 466 g/mol. The van der Waals surface area contributed by atoms with Crippen molar-refractivity contribution in [2.24, 2.45) is 7.05 Å². The number of para-hydroxylation sites is 1. The molecule has 4 aromatic rings. The molecule has 35 heavy (non-hydrogen) atoms. The van der Waals surface area contributed by atoms with Crippen molar-refractivity contribution in [3.8, 4) is 17.0 Å². The predicted octanol–water partition coefficient (Wildman–Crippen LogP) is 5.72. The first-order valence-corrected chi connectivity index (χ1v) is 11.7. The number of benzene rings is 1. The van der Waals surface area contributed by atoms with Crippen LogP contribution < -0.4 is 4.74 Å². The molecule has 8 nitrogen and oxygen atoms in total. The van der Waals surface area contributed by atoms with Crippen molar-refractivity contribution >= 4 is 28.6 Å². The minimum atomic E-state index is -0.501. The SMILES string of the molecule is CCC(OC(=O)N(C)C)c1cncc(Cl)c1COc1cccc2c(-c3ccnn3C)cc(C)nc12. The molecule has 0 spiro atoms. The molecule has 0 N–H and O–H groups in total. The first kappa shape index (κ1) is 24.5. The fraction of sp³-hybridized carbons (Fsp3) is 0.308. The molecule has 0 aliphatic carbocycles. The fourth-order valence-electron chi connectivity index (χ4n) is 3.97. The summed E-state index contributed by atoms with van der Waals surface area (Å²) in [6.45, 7) is 4.07. The second-order valence-electron chi connectivity index (χ2n) is 8.46. The van der Waals surface area contributed by atoms with Crippen LogP contribution >= 0.6 is 11.6 Å². The predicted molar refractivity (Wildman–Crippen MR) is 135 cm³/mol. The van der Waals surface area contributed by atoms with Crippen LogP contribution in [-0.2, 0) is 18.4 Å². The van der Waals surface area contributed by atoms with E-state index in [1.807, 2.05) is 55.9 Å². The Labute approximate surface area is 209 Å². The Kier molecular flexibility index (Phi) is 7.21. The zero-order chi connectivity index (χ0) is 25.1. The van der Waals surface area contributed by atoms with Gasteiger partial charge in [-0.3, -0.25) is 9.67 Å². The molecule has 0 aliphatic rings. The molecule has 1 unspecified atom stereocenters. The number of pyridine rings is 2. The number of aryl methyl sites for hydroxylation is 2. The maximum Gasteiger partial charge on any atom is 0.409 e. The number of hydrogen-bond acceptors (Lipinski definition) is 6. The van der Waals surface area contributed by atoms with E-state index < -0.39 is 12.2 Å². The van der Waals surface area contributed by atoms with Gasteiger partial charge in [-0.25, -0.2) is 9.78 Å². The molecule has 0 radical (unpaired) electrons. The van der Waals surface area contributed by atoms with Gasteiger partial charge in [-0.1, -0.05) is 30.7 Å². The summed E-state index contributed by atoms with van der Waals surface area (Å²) in [5.41, 5.74) is 5.08. The Bertz CT molecular complexity index is 1370. The summed E-state index contributed by atoms with van der Waals surface area (Å²) >= 11 is 6.53. The van der Waals surface area contributed by atoms with Gasteiger partial charge in [0.1, 0.15) is 24.0 Å². The van der Waals surface area contributed by atoms with Crippen LogP contribution in [0, 0.1) is 6.92 Å². The third-order valence-electron chi connectivity index (χ3n) is 5.76. The van der Waals surface area contributed by atoms with E-state index in [1.54, 1.807) is 32.7 Å². The summed E-state index contributed by atoms with van der Waals surface area (Å²) in [6, 6.07) is 9.88. The van der Waals surface area contributed by atoms with E-state index in [-0.39, 0.29) is 6.61 Å². The fourth-order valence-corrected chi connectivity index (χ4v) is 4.19. The number of nitrogens with zero attached hydrogens (tertiary/aromatic N) is 5. The number of fused-ring (bicyclic) bond motifs is 1. The summed E-state index contributed by atoms with van der Waals surface area (Å²) in [6.07, 6.45) is 4.65. The minimum Gasteiger partial charge on any atom is -0.487 e. The van der Waals surface area contributed by atoms with Crippen molar-refractivity contribution in [3.05, 3.63) is 70.8 Å². The van der Waals surface area contributed by atoms with Gasteiger partial charge in [-0.15, -0.1) is 0 Å². The quantitative estimate of drug-likeness (QED) is 0.327. The van der Waals surface area contributed by atoms with Gasteiger partial charge in [0.05, 0.1) is 10.7 Å². The van der Waals surface area contributed by atoms with Crippen molar-refractivity contribution in [1.29, 1.82) is 0 Å². The van der Waals surface area contributed by atoms with Crippen molar-refractivity contribution in [2.75, 3.05) is 14.1 Å². The molecule has 0 bridgehead atoms. The summed E-state index contributed by atoms with van der Waals surface area (Å²) in [4.78, 5) is 22.6. The molecule has 1 atom stereocenters. The van der Waals surface area contributed by atoms with Crippen molar-refractivity contribution in [2.45, 2.75) is 33.0 Å². The Balaban J connectivity index is 1.70. The molecule has 1 amide bonds. The minimum absolute atomic E-state index is 0.169. The Hall–Kier alpha value is -3.65. The van der Waals surface area contributed by atoms with Gasteiger partial charge < -0.3 is 14.4 Å². The normalized spacial score (nSPS) is 11.9. The molecule has 3 aromatic heterocycles. The topological polar surface area (TPSA) is 82.4 Å². The van der Waals surface area contributed by atoms with E-state index >= 15 is 0 Å². The lowest BCUT2D eigenvalue weighted by atomic mass is 10.0. The van der Waals surface area contributed by atoms with Crippen LogP contribution in [0.4, 0.5) is 4.79 Å². The molecule has 0 saturated heterocycles. The van der Waals surface area contributed by atoms with Crippen molar-refractivity contribution < 1.29 is 14.3 Å². The third kappa shape index (κ3) is 5.07. The molecule has 0 fully saturated rings. The van der Waals surface area contributed by atoms with Gasteiger partial charge in [-0.05, 0) is 31.5 Å². The van der Waals surface area contributed by atoms with Gasteiger partial charge in [0, 0.05) is 67.5 Å². The number of halogens is 1. The molecule has 4 rings (SSSR count). The average Bonchev–Trinajstić information content (AvgIpc) is 3.26. The maximum absolute atomic E-state index is 12.2. The highest BCUT2D eigenvalue weighted by molar-refractivity contribution is 6.31. The molecule has 0 saturated carbocycles. The lowest BCUT2D eigenvalue weighted by molar-refractivity contribution is 0.0712. The van der Waals surface area contributed by atoms with Crippen molar-refractivity contribution in [1.82, 2.24) is 24.6 Å². The Morgan fingerprint density at radius 1 is 1.23 bits per heavy atom. The molecule has 182 valence electrons. The number of aromatic nitrogens is 4. The molecule has 9 heteroatoms. The van der Waals surface area contributed by atoms with E-state index in [2.05, 4.69) is 10.1 Å². The van der Waals surface area contributed by atoms with Gasteiger partial charge >= 0.3 is 6.09 Å². The van der Waals surface area contributed by atoms with Gasteiger partial charge in [0.25, 0.3) is 0 Å². The number of carbonyl (C=O) groups excluding carboxylic acids is 1. The highest BCUT2D eigenvalue weighted by Crippen LogP contribution is 2.35. The van der Waals surface area contributed by atoms with E-state index in [1.165, 1.54) is 4.90 Å². The van der Waals surface area contributed by atoms with Gasteiger partial charge in [0.2, 0.25) is 0 Å². The molecule has 0 aliphatic heterocycles. The van der Waals surface area contributed by atoms with E-state index in [9.17, 15) is 4.79 Å². The monoisotopic (exact) mass is 493 g/mol. The largest absolute Gasteiger partial charge is 0.487 e. The van der Waals surface area contributed by atoms with Crippen LogP contribution in [0.3, 0.4) is 0 Å². The maximum atomic E-state index is 12.2. The summed E-state index contributed by atoms with van der Waals surface area (Å²) in [5.74, 6) is 0.631. The van der Waals surface area contributed by atoms with Crippen LogP contribution in [-0.4, -0.2) is 44.8 Å². The zero-order valence-electron chi connectivity index (χ0n) is 20.4. The summed E-state index contributed by atoms with van der Waals surface area (Å²) in [5, 5.41) is 5.72. The number of hydrogen-bond donors (Lipinski definition) is 0. The van der Waals surface area contributed by atoms with E-state index in [0.717, 1.165) is 39.0 Å². The summed E-state index contributed by atoms with van der Waals surface area (Å²) in [7, 11) is 5.20. The van der Waals surface area contributed by atoms with E-state index in [0.29, 0.717) is 17.2 Å². The smallest absolute Gasteiger partial charge is 0.409 e. The Morgan fingerprint density at radius 3 is 2.71 bits per heavy atom. The lowest BCUT2D eigenvalue weighted by Gasteiger charge is -2.22. The van der Waals surface area contributed by atoms with Crippen LogP contribution in [0.15, 0.2) is 48.9 Å².